The van der Waals surface area contributed by atoms with Crippen molar-refractivity contribution in [3.63, 3.8) is 0 Å². The van der Waals surface area contributed by atoms with E-state index in [1.54, 1.807) is 12.1 Å². The number of carbonyl (C=O) groups excluding carboxylic acids is 1. The minimum absolute atomic E-state index is 0.154. The second kappa shape index (κ2) is 6.44. The van der Waals surface area contributed by atoms with Crippen LogP contribution in [0.1, 0.15) is 22.8 Å². The first kappa shape index (κ1) is 15.0. The number of hydrogen-bond donors (Lipinski definition) is 1. The summed E-state index contributed by atoms with van der Waals surface area (Å²) in [4.78, 5) is 16.6. The standard InChI is InChI=1S/C18H17N3O2/c1-3-19-17(22)14-9-4-5-10-15(14)18-20-16(21-23-18)13-8-6-7-12(2)11-13/h4-11H,3H2,1-2H3,(H,19,22). The molecule has 5 nitrogen and oxygen atoms in total. The highest BCUT2D eigenvalue weighted by molar-refractivity contribution is 5.99. The van der Waals surface area contributed by atoms with Gasteiger partial charge in [-0.2, -0.15) is 4.98 Å². The Balaban J connectivity index is 2.00. The first-order chi connectivity index (χ1) is 11.2. The molecule has 116 valence electrons. The summed E-state index contributed by atoms with van der Waals surface area (Å²) in [6.07, 6.45) is 0. The third-order valence-corrected chi connectivity index (χ3v) is 3.44. The summed E-state index contributed by atoms with van der Waals surface area (Å²) in [5.41, 5.74) is 3.16. The lowest BCUT2D eigenvalue weighted by atomic mass is 10.1. The maximum absolute atomic E-state index is 12.2. The first-order valence-corrected chi connectivity index (χ1v) is 7.47. The van der Waals surface area contributed by atoms with Crippen molar-refractivity contribution in [1.82, 2.24) is 15.5 Å². The van der Waals surface area contributed by atoms with E-state index in [1.165, 1.54) is 0 Å². The molecular formula is C18H17N3O2. The molecule has 3 aromatic rings. The second-order valence-corrected chi connectivity index (χ2v) is 5.20. The molecule has 3 rings (SSSR count). The topological polar surface area (TPSA) is 68.0 Å². The van der Waals surface area contributed by atoms with Gasteiger partial charge < -0.3 is 9.84 Å². The van der Waals surface area contributed by atoms with Gasteiger partial charge in [0.1, 0.15) is 0 Å². The lowest BCUT2D eigenvalue weighted by molar-refractivity contribution is 0.0956. The van der Waals surface area contributed by atoms with E-state index in [0.29, 0.717) is 29.4 Å². The predicted molar refractivity (Wildman–Crippen MR) is 87.9 cm³/mol. The van der Waals surface area contributed by atoms with Gasteiger partial charge in [0.05, 0.1) is 11.1 Å². The minimum atomic E-state index is -0.154. The molecule has 0 aliphatic rings. The van der Waals surface area contributed by atoms with Crippen LogP contribution in [0.5, 0.6) is 0 Å². The summed E-state index contributed by atoms with van der Waals surface area (Å²) in [7, 11) is 0. The van der Waals surface area contributed by atoms with Crippen LogP contribution in [-0.4, -0.2) is 22.6 Å². The quantitative estimate of drug-likeness (QED) is 0.801. The number of nitrogens with one attached hydrogen (secondary N) is 1. The predicted octanol–water partition coefficient (Wildman–Crippen LogP) is 3.46. The smallest absolute Gasteiger partial charge is 0.259 e. The third kappa shape index (κ3) is 3.13. The van der Waals surface area contributed by atoms with Crippen molar-refractivity contribution < 1.29 is 9.32 Å². The monoisotopic (exact) mass is 307 g/mol. The SMILES string of the molecule is CCNC(=O)c1ccccc1-c1nc(-c2cccc(C)c2)no1. The summed E-state index contributed by atoms with van der Waals surface area (Å²) >= 11 is 0. The molecule has 1 amide bonds. The second-order valence-electron chi connectivity index (χ2n) is 5.20. The zero-order valence-corrected chi connectivity index (χ0v) is 13.0. The van der Waals surface area contributed by atoms with Crippen LogP contribution in [0.15, 0.2) is 53.1 Å². The molecular weight excluding hydrogens is 290 g/mol. The van der Waals surface area contributed by atoms with Crippen molar-refractivity contribution in [2.75, 3.05) is 6.54 Å². The van der Waals surface area contributed by atoms with Crippen molar-refractivity contribution >= 4 is 5.91 Å². The van der Waals surface area contributed by atoms with Gasteiger partial charge in [0.15, 0.2) is 0 Å². The normalized spacial score (nSPS) is 10.5. The molecule has 0 radical (unpaired) electrons. The molecule has 2 aromatic carbocycles. The van der Waals surface area contributed by atoms with Gasteiger partial charge >= 0.3 is 0 Å². The maximum atomic E-state index is 12.2. The molecule has 0 fully saturated rings. The molecule has 1 aromatic heterocycles. The van der Waals surface area contributed by atoms with Gasteiger partial charge in [0, 0.05) is 12.1 Å². The van der Waals surface area contributed by atoms with Gasteiger partial charge in [-0.25, -0.2) is 0 Å². The fraction of sp³-hybridized carbons (Fsp3) is 0.167. The van der Waals surface area contributed by atoms with Crippen molar-refractivity contribution in [3.05, 3.63) is 59.7 Å². The van der Waals surface area contributed by atoms with Gasteiger partial charge in [-0.05, 0) is 32.0 Å². The Morgan fingerprint density at radius 3 is 2.78 bits per heavy atom. The summed E-state index contributed by atoms with van der Waals surface area (Å²) in [5, 5.41) is 6.82. The van der Waals surface area contributed by atoms with E-state index in [0.717, 1.165) is 11.1 Å². The molecule has 0 spiro atoms. The maximum Gasteiger partial charge on any atom is 0.259 e. The molecule has 0 atom stereocenters. The van der Waals surface area contributed by atoms with Crippen LogP contribution in [0.3, 0.4) is 0 Å². The fourth-order valence-electron chi connectivity index (χ4n) is 2.36. The van der Waals surface area contributed by atoms with E-state index in [2.05, 4.69) is 15.5 Å². The number of hydrogen-bond acceptors (Lipinski definition) is 4. The lowest BCUT2D eigenvalue weighted by Gasteiger charge is -2.05. The van der Waals surface area contributed by atoms with Gasteiger partial charge in [0.25, 0.3) is 11.8 Å². The van der Waals surface area contributed by atoms with Crippen LogP contribution < -0.4 is 5.32 Å². The highest BCUT2D eigenvalue weighted by Crippen LogP contribution is 2.25. The summed E-state index contributed by atoms with van der Waals surface area (Å²) in [6.45, 7) is 4.45. The van der Waals surface area contributed by atoms with Crippen LogP contribution in [0.25, 0.3) is 22.8 Å². The Kier molecular flexibility index (Phi) is 4.19. The van der Waals surface area contributed by atoms with Crippen LogP contribution in [0, 0.1) is 6.92 Å². The summed E-state index contributed by atoms with van der Waals surface area (Å²) < 4.78 is 5.37. The van der Waals surface area contributed by atoms with Crippen molar-refractivity contribution in [2.45, 2.75) is 13.8 Å². The van der Waals surface area contributed by atoms with E-state index < -0.39 is 0 Å². The van der Waals surface area contributed by atoms with Gasteiger partial charge in [-0.1, -0.05) is 41.1 Å². The van der Waals surface area contributed by atoms with Crippen molar-refractivity contribution in [3.8, 4) is 22.8 Å². The minimum Gasteiger partial charge on any atom is -0.352 e. The number of benzene rings is 2. The van der Waals surface area contributed by atoms with Crippen LogP contribution >= 0.6 is 0 Å². The number of amides is 1. The lowest BCUT2D eigenvalue weighted by Crippen LogP contribution is -2.23. The number of carbonyl (C=O) groups is 1. The Morgan fingerprint density at radius 1 is 1.17 bits per heavy atom. The van der Waals surface area contributed by atoms with Crippen molar-refractivity contribution in [2.24, 2.45) is 0 Å². The first-order valence-electron chi connectivity index (χ1n) is 7.47. The Hall–Kier alpha value is -2.95. The van der Waals surface area contributed by atoms with E-state index in [-0.39, 0.29) is 5.91 Å². The van der Waals surface area contributed by atoms with Gasteiger partial charge in [-0.15, -0.1) is 0 Å². The summed E-state index contributed by atoms with van der Waals surface area (Å²) in [5.74, 6) is 0.691. The van der Waals surface area contributed by atoms with E-state index in [9.17, 15) is 4.79 Å². The average molecular weight is 307 g/mol. The number of rotatable bonds is 4. The molecule has 0 bridgehead atoms. The van der Waals surface area contributed by atoms with Crippen LogP contribution in [0.2, 0.25) is 0 Å². The highest BCUT2D eigenvalue weighted by Gasteiger charge is 2.17. The zero-order valence-electron chi connectivity index (χ0n) is 13.0. The Bertz CT molecular complexity index is 840. The molecule has 0 saturated carbocycles. The van der Waals surface area contributed by atoms with Gasteiger partial charge in [0.2, 0.25) is 5.82 Å². The number of aromatic nitrogens is 2. The number of nitrogens with zero attached hydrogens (tertiary/aromatic N) is 2. The zero-order chi connectivity index (χ0) is 16.2. The van der Waals surface area contributed by atoms with Crippen LogP contribution in [-0.2, 0) is 0 Å². The van der Waals surface area contributed by atoms with E-state index >= 15 is 0 Å². The highest BCUT2D eigenvalue weighted by atomic mass is 16.5. The van der Waals surface area contributed by atoms with Gasteiger partial charge in [-0.3, -0.25) is 4.79 Å². The largest absolute Gasteiger partial charge is 0.352 e. The molecule has 0 aliphatic heterocycles. The molecule has 5 heteroatoms. The molecule has 0 unspecified atom stereocenters. The van der Waals surface area contributed by atoms with E-state index in [1.807, 2.05) is 50.2 Å². The Morgan fingerprint density at radius 2 is 2.00 bits per heavy atom. The third-order valence-electron chi connectivity index (χ3n) is 3.44. The molecule has 0 aliphatic carbocycles. The van der Waals surface area contributed by atoms with Crippen LogP contribution in [0.4, 0.5) is 0 Å². The molecule has 1 heterocycles. The fourth-order valence-corrected chi connectivity index (χ4v) is 2.36. The molecule has 23 heavy (non-hydrogen) atoms. The Labute approximate surface area is 134 Å². The van der Waals surface area contributed by atoms with E-state index in [4.69, 9.17) is 4.52 Å². The average Bonchev–Trinajstić information content (AvgIpc) is 3.05. The summed E-state index contributed by atoms with van der Waals surface area (Å²) in [6, 6.07) is 15.1. The molecule has 1 N–H and O–H groups in total. The number of aryl methyl sites for hydroxylation is 1. The van der Waals surface area contributed by atoms with Crippen molar-refractivity contribution in [1.29, 1.82) is 0 Å². The molecule has 0 saturated heterocycles.